The standard InChI is InChI=1S/C15H13N3O2/c19-15(18-11-16-10-17-18)20-14-8-6-13(7-9-14)12-4-2-1-3-5-12/h1-11,15,19H. The van der Waals surface area contributed by atoms with Crippen molar-refractivity contribution in [3.63, 3.8) is 0 Å². The molecule has 2 aromatic carbocycles. The van der Waals surface area contributed by atoms with Crippen molar-refractivity contribution in [1.82, 2.24) is 14.8 Å². The number of hydrogen-bond donors (Lipinski definition) is 1. The summed E-state index contributed by atoms with van der Waals surface area (Å²) in [5.74, 6) is 0.563. The van der Waals surface area contributed by atoms with Gasteiger partial charge in [0.25, 0.3) is 0 Å². The second-order valence-electron chi connectivity index (χ2n) is 4.21. The van der Waals surface area contributed by atoms with Crippen LogP contribution in [0.15, 0.2) is 67.3 Å². The minimum Gasteiger partial charge on any atom is -0.445 e. The number of aliphatic hydroxyl groups is 1. The molecule has 0 saturated carbocycles. The largest absolute Gasteiger partial charge is 0.445 e. The summed E-state index contributed by atoms with van der Waals surface area (Å²) in [5.41, 5.74) is 2.23. The molecular formula is C15H13N3O2. The van der Waals surface area contributed by atoms with Gasteiger partial charge in [0, 0.05) is 0 Å². The molecule has 1 unspecified atom stereocenters. The van der Waals surface area contributed by atoms with Gasteiger partial charge in [-0.3, -0.25) is 0 Å². The lowest BCUT2D eigenvalue weighted by Crippen LogP contribution is -2.15. The molecule has 1 N–H and O–H groups in total. The molecule has 1 aromatic heterocycles. The first-order chi connectivity index (χ1) is 9.83. The average Bonchev–Trinajstić information content (AvgIpc) is 3.03. The maximum atomic E-state index is 9.79. The van der Waals surface area contributed by atoms with E-state index in [1.165, 1.54) is 17.3 Å². The summed E-state index contributed by atoms with van der Waals surface area (Å²) in [5, 5.41) is 13.6. The zero-order chi connectivity index (χ0) is 13.8. The summed E-state index contributed by atoms with van der Waals surface area (Å²) in [4.78, 5) is 3.75. The van der Waals surface area contributed by atoms with E-state index in [2.05, 4.69) is 10.1 Å². The molecule has 0 spiro atoms. The van der Waals surface area contributed by atoms with Gasteiger partial charge in [0.1, 0.15) is 18.4 Å². The SMILES string of the molecule is OC(Oc1ccc(-c2ccccc2)cc1)n1cncn1. The molecule has 0 aliphatic rings. The van der Waals surface area contributed by atoms with Crippen LogP contribution in [-0.2, 0) is 0 Å². The summed E-state index contributed by atoms with van der Waals surface area (Å²) in [6.07, 6.45) is 1.55. The fraction of sp³-hybridized carbons (Fsp3) is 0.0667. The Balaban J connectivity index is 1.74. The maximum absolute atomic E-state index is 9.79. The van der Waals surface area contributed by atoms with Gasteiger partial charge >= 0.3 is 6.41 Å². The molecule has 3 rings (SSSR count). The summed E-state index contributed by atoms with van der Waals surface area (Å²) in [6, 6.07) is 17.6. The van der Waals surface area contributed by atoms with E-state index in [-0.39, 0.29) is 0 Å². The van der Waals surface area contributed by atoms with E-state index >= 15 is 0 Å². The number of aliphatic hydroxyl groups excluding tert-OH is 1. The van der Waals surface area contributed by atoms with Crippen LogP contribution in [0.2, 0.25) is 0 Å². The summed E-state index contributed by atoms with van der Waals surface area (Å²) in [6.45, 7) is 0. The first kappa shape index (κ1) is 12.4. The fourth-order valence-electron chi connectivity index (χ4n) is 1.86. The second kappa shape index (κ2) is 5.54. The number of nitrogens with zero attached hydrogens (tertiary/aromatic N) is 3. The molecule has 3 aromatic rings. The van der Waals surface area contributed by atoms with Crippen LogP contribution >= 0.6 is 0 Å². The van der Waals surface area contributed by atoms with Crippen molar-refractivity contribution in [3.05, 3.63) is 67.3 Å². The highest BCUT2D eigenvalue weighted by molar-refractivity contribution is 5.63. The van der Waals surface area contributed by atoms with E-state index in [1.807, 2.05) is 54.6 Å². The Bertz CT molecular complexity index is 651. The molecule has 0 fully saturated rings. The van der Waals surface area contributed by atoms with E-state index in [0.717, 1.165) is 11.1 Å². The van der Waals surface area contributed by atoms with Gasteiger partial charge < -0.3 is 9.84 Å². The van der Waals surface area contributed by atoms with Crippen LogP contribution in [0.4, 0.5) is 0 Å². The quantitative estimate of drug-likeness (QED) is 0.738. The minimum absolute atomic E-state index is 0.563. The van der Waals surface area contributed by atoms with Crippen molar-refractivity contribution in [3.8, 4) is 16.9 Å². The Labute approximate surface area is 116 Å². The zero-order valence-electron chi connectivity index (χ0n) is 10.6. The Morgan fingerprint density at radius 1 is 0.950 bits per heavy atom. The molecular weight excluding hydrogens is 254 g/mol. The summed E-state index contributed by atoms with van der Waals surface area (Å²) >= 11 is 0. The molecule has 0 aliphatic heterocycles. The van der Waals surface area contributed by atoms with Gasteiger partial charge in [-0.25, -0.2) is 4.98 Å². The van der Waals surface area contributed by atoms with E-state index in [1.54, 1.807) is 0 Å². The van der Waals surface area contributed by atoms with Gasteiger partial charge in [0.05, 0.1) is 0 Å². The first-order valence-electron chi connectivity index (χ1n) is 6.17. The topological polar surface area (TPSA) is 60.2 Å². The molecule has 5 heteroatoms. The maximum Gasteiger partial charge on any atom is 0.301 e. The van der Waals surface area contributed by atoms with Gasteiger partial charge in [-0.2, -0.15) is 9.78 Å². The lowest BCUT2D eigenvalue weighted by Gasteiger charge is -2.13. The van der Waals surface area contributed by atoms with Crippen LogP contribution in [-0.4, -0.2) is 19.9 Å². The van der Waals surface area contributed by atoms with Crippen LogP contribution in [0, 0.1) is 0 Å². The van der Waals surface area contributed by atoms with E-state index in [4.69, 9.17) is 4.74 Å². The fourth-order valence-corrected chi connectivity index (χ4v) is 1.86. The number of ether oxygens (including phenoxy) is 1. The van der Waals surface area contributed by atoms with Gasteiger partial charge in [-0.05, 0) is 23.3 Å². The molecule has 0 bridgehead atoms. The highest BCUT2D eigenvalue weighted by atomic mass is 16.6. The van der Waals surface area contributed by atoms with Crippen molar-refractivity contribution in [2.45, 2.75) is 6.41 Å². The molecule has 0 radical (unpaired) electrons. The lowest BCUT2D eigenvalue weighted by atomic mass is 10.1. The van der Waals surface area contributed by atoms with E-state index < -0.39 is 6.41 Å². The molecule has 1 heterocycles. The predicted molar refractivity (Wildman–Crippen MR) is 73.8 cm³/mol. The molecule has 1 atom stereocenters. The lowest BCUT2D eigenvalue weighted by molar-refractivity contribution is -0.0883. The number of rotatable bonds is 4. The van der Waals surface area contributed by atoms with E-state index in [9.17, 15) is 5.11 Å². The van der Waals surface area contributed by atoms with Gasteiger partial charge in [0.2, 0.25) is 0 Å². The highest BCUT2D eigenvalue weighted by Gasteiger charge is 2.08. The third-order valence-corrected chi connectivity index (χ3v) is 2.87. The van der Waals surface area contributed by atoms with Crippen molar-refractivity contribution in [2.75, 3.05) is 0 Å². The number of hydrogen-bond acceptors (Lipinski definition) is 4. The van der Waals surface area contributed by atoms with E-state index in [0.29, 0.717) is 5.75 Å². The Hall–Kier alpha value is -2.66. The van der Waals surface area contributed by atoms with Crippen molar-refractivity contribution in [2.24, 2.45) is 0 Å². The van der Waals surface area contributed by atoms with Crippen LogP contribution in [0.1, 0.15) is 6.41 Å². The minimum atomic E-state index is -1.18. The van der Waals surface area contributed by atoms with Gasteiger partial charge in [0.15, 0.2) is 0 Å². The molecule has 0 aliphatic carbocycles. The van der Waals surface area contributed by atoms with Crippen LogP contribution in [0.25, 0.3) is 11.1 Å². The predicted octanol–water partition coefficient (Wildman–Crippen LogP) is 2.47. The smallest absolute Gasteiger partial charge is 0.301 e. The second-order valence-corrected chi connectivity index (χ2v) is 4.21. The average molecular weight is 267 g/mol. The Kier molecular flexibility index (Phi) is 3.43. The number of benzene rings is 2. The molecule has 5 nitrogen and oxygen atoms in total. The Morgan fingerprint density at radius 3 is 2.30 bits per heavy atom. The highest BCUT2D eigenvalue weighted by Crippen LogP contribution is 2.23. The van der Waals surface area contributed by atoms with Crippen molar-refractivity contribution >= 4 is 0 Å². The van der Waals surface area contributed by atoms with Crippen LogP contribution < -0.4 is 4.74 Å². The number of aromatic nitrogens is 3. The first-order valence-corrected chi connectivity index (χ1v) is 6.17. The molecule has 0 amide bonds. The third-order valence-electron chi connectivity index (χ3n) is 2.87. The molecule has 20 heavy (non-hydrogen) atoms. The molecule has 0 saturated heterocycles. The normalized spacial score (nSPS) is 12.1. The summed E-state index contributed by atoms with van der Waals surface area (Å²) in [7, 11) is 0. The summed E-state index contributed by atoms with van der Waals surface area (Å²) < 4.78 is 6.59. The van der Waals surface area contributed by atoms with Crippen molar-refractivity contribution < 1.29 is 9.84 Å². The van der Waals surface area contributed by atoms with Gasteiger partial charge in [-0.15, -0.1) is 0 Å². The van der Waals surface area contributed by atoms with Crippen LogP contribution in [0.5, 0.6) is 5.75 Å². The third kappa shape index (κ3) is 2.67. The monoisotopic (exact) mass is 267 g/mol. The Morgan fingerprint density at radius 2 is 1.65 bits per heavy atom. The van der Waals surface area contributed by atoms with Gasteiger partial charge in [-0.1, -0.05) is 42.5 Å². The zero-order valence-corrected chi connectivity index (χ0v) is 10.6. The van der Waals surface area contributed by atoms with Crippen LogP contribution in [0.3, 0.4) is 0 Å². The molecule has 100 valence electrons. The van der Waals surface area contributed by atoms with Crippen molar-refractivity contribution in [1.29, 1.82) is 0 Å².